The van der Waals surface area contributed by atoms with Crippen LogP contribution in [0.5, 0.6) is 5.75 Å². The topological polar surface area (TPSA) is 91.9 Å². The van der Waals surface area contributed by atoms with Gasteiger partial charge in [0.05, 0.1) is 11.7 Å². The smallest absolute Gasteiger partial charge is 0.323 e. The maximum atomic E-state index is 13.3. The maximum absolute atomic E-state index is 13.3. The Balaban J connectivity index is 1.82. The molecule has 0 bridgehead atoms. The number of methoxy groups -OCH3 is 1. The van der Waals surface area contributed by atoms with E-state index < -0.39 is 6.03 Å². The molecule has 33 heavy (non-hydrogen) atoms. The SMILES string of the molecule is CO[C@H]1CN(C)C(=O)c2cc(NC(=O)Nc3cccc(Cl)c3)ccc2OC[C@H](C)NC[C@H]1C. The fraction of sp³-hybridized carbons (Fsp3) is 0.417. The fourth-order valence-electron chi connectivity index (χ4n) is 3.60. The second kappa shape index (κ2) is 11.4. The van der Waals surface area contributed by atoms with Crippen LogP contribution < -0.4 is 20.7 Å². The molecule has 0 spiro atoms. The molecule has 1 aliphatic rings. The van der Waals surface area contributed by atoms with Crippen LogP contribution in [0.1, 0.15) is 24.2 Å². The second-order valence-corrected chi connectivity index (χ2v) is 8.79. The van der Waals surface area contributed by atoms with Crippen LogP contribution >= 0.6 is 11.6 Å². The number of fused-ring (bicyclic) bond motifs is 1. The summed E-state index contributed by atoms with van der Waals surface area (Å²) in [6.07, 6.45) is -0.118. The molecule has 0 aliphatic carbocycles. The number of amides is 3. The zero-order valence-electron chi connectivity index (χ0n) is 19.4. The highest BCUT2D eigenvalue weighted by Gasteiger charge is 2.25. The number of urea groups is 1. The van der Waals surface area contributed by atoms with Crippen molar-refractivity contribution in [2.75, 3.05) is 44.5 Å². The van der Waals surface area contributed by atoms with Crippen LogP contribution in [-0.4, -0.2) is 62.8 Å². The summed E-state index contributed by atoms with van der Waals surface area (Å²) in [6, 6.07) is 11.5. The zero-order chi connectivity index (χ0) is 24.0. The Morgan fingerprint density at radius 1 is 1.18 bits per heavy atom. The molecule has 178 valence electrons. The van der Waals surface area contributed by atoms with E-state index in [2.05, 4.69) is 22.9 Å². The van der Waals surface area contributed by atoms with E-state index in [-0.39, 0.29) is 24.0 Å². The fourth-order valence-corrected chi connectivity index (χ4v) is 3.79. The first-order chi connectivity index (χ1) is 15.8. The molecule has 3 atom stereocenters. The number of nitrogens with zero attached hydrogens (tertiary/aromatic N) is 1. The Morgan fingerprint density at radius 3 is 2.61 bits per heavy atom. The normalized spacial score (nSPS) is 21.8. The number of benzene rings is 2. The van der Waals surface area contributed by atoms with Crippen molar-refractivity contribution in [3.05, 3.63) is 53.1 Å². The lowest BCUT2D eigenvalue weighted by atomic mass is 10.0. The van der Waals surface area contributed by atoms with Crippen molar-refractivity contribution in [3.8, 4) is 5.75 Å². The molecule has 0 saturated carbocycles. The Kier molecular flexibility index (Phi) is 8.55. The van der Waals surface area contributed by atoms with E-state index in [0.29, 0.717) is 40.9 Å². The molecule has 2 aromatic rings. The molecular formula is C24H31ClN4O4. The summed E-state index contributed by atoms with van der Waals surface area (Å²) in [5.41, 5.74) is 1.40. The average Bonchev–Trinajstić information content (AvgIpc) is 2.78. The van der Waals surface area contributed by atoms with Crippen LogP contribution in [0.15, 0.2) is 42.5 Å². The highest BCUT2D eigenvalue weighted by atomic mass is 35.5. The van der Waals surface area contributed by atoms with E-state index >= 15 is 0 Å². The molecule has 0 unspecified atom stereocenters. The lowest BCUT2D eigenvalue weighted by Gasteiger charge is -2.30. The van der Waals surface area contributed by atoms with Gasteiger partial charge in [0.1, 0.15) is 12.4 Å². The number of likely N-dealkylation sites (N-methyl/N-ethyl adjacent to an activating group) is 1. The molecule has 3 rings (SSSR count). The molecule has 0 radical (unpaired) electrons. The van der Waals surface area contributed by atoms with E-state index in [9.17, 15) is 9.59 Å². The van der Waals surface area contributed by atoms with Crippen molar-refractivity contribution in [1.29, 1.82) is 0 Å². The number of hydrogen-bond acceptors (Lipinski definition) is 5. The Hall–Kier alpha value is -2.81. The zero-order valence-corrected chi connectivity index (χ0v) is 20.1. The number of nitrogens with one attached hydrogen (secondary N) is 3. The maximum Gasteiger partial charge on any atom is 0.323 e. The number of hydrogen-bond donors (Lipinski definition) is 3. The summed E-state index contributed by atoms with van der Waals surface area (Å²) in [4.78, 5) is 27.4. The first-order valence-electron chi connectivity index (χ1n) is 10.9. The first kappa shape index (κ1) is 24.8. The van der Waals surface area contributed by atoms with Gasteiger partial charge in [0, 0.05) is 49.7 Å². The molecule has 0 aromatic heterocycles. The summed E-state index contributed by atoms with van der Waals surface area (Å²) in [7, 11) is 3.39. The summed E-state index contributed by atoms with van der Waals surface area (Å²) in [6.45, 7) is 5.70. The third-order valence-electron chi connectivity index (χ3n) is 5.57. The predicted molar refractivity (Wildman–Crippen MR) is 130 cm³/mol. The first-order valence-corrected chi connectivity index (χ1v) is 11.3. The van der Waals surface area contributed by atoms with Gasteiger partial charge in [-0.3, -0.25) is 4.79 Å². The van der Waals surface area contributed by atoms with Crippen molar-refractivity contribution in [3.63, 3.8) is 0 Å². The van der Waals surface area contributed by atoms with Gasteiger partial charge < -0.3 is 30.3 Å². The van der Waals surface area contributed by atoms with Crippen molar-refractivity contribution in [2.24, 2.45) is 5.92 Å². The van der Waals surface area contributed by atoms with Gasteiger partial charge in [0.25, 0.3) is 5.91 Å². The van der Waals surface area contributed by atoms with E-state index in [1.807, 2.05) is 6.92 Å². The Morgan fingerprint density at radius 2 is 1.91 bits per heavy atom. The number of anilines is 2. The van der Waals surface area contributed by atoms with Crippen molar-refractivity contribution >= 4 is 34.9 Å². The van der Waals surface area contributed by atoms with Crippen LogP contribution in [0, 0.1) is 5.92 Å². The molecule has 3 N–H and O–H groups in total. The molecule has 0 fully saturated rings. The molecule has 0 saturated heterocycles. The number of halogens is 1. The Labute approximate surface area is 199 Å². The lowest BCUT2D eigenvalue weighted by molar-refractivity contribution is 0.0281. The number of rotatable bonds is 3. The van der Waals surface area contributed by atoms with Gasteiger partial charge in [-0.2, -0.15) is 0 Å². The van der Waals surface area contributed by atoms with Gasteiger partial charge in [-0.1, -0.05) is 24.6 Å². The van der Waals surface area contributed by atoms with Gasteiger partial charge in [-0.25, -0.2) is 4.79 Å². The number of carbonyl (C=O) groups excluding carboxylic acids is 2. The second-order valence-electron chi connectivity index (χ2n) is 8.36. The quantitative estimate of drug-likeness (QED) is 0.623. The molecule has 2 aromatic carbocycles. The van der Waals surface area contributed by atoms with Crippen LogP contribution in [0.2, 0.25) is 5.02 Å². The van der Waals surface area contributed by atoms with E-state index in [0.717, 1.165) is 6.54 Å². The lowest BCUT2D eigenvalue weighted by Crippen LogP contribution is -2.44. The molecule has 8 nitrogen and oxygen atoms in total. The molecular weight excluding hydrogens is 444 g/mol. The minimum absolute atomic E-state index is 0.0892. The van der Waals surface area contributed by atoms with Gasteiger partial charge in [-0.15, -0.1) is 0 Å². The largest absolute Gasteiger partial charge is 0.491 e. The van der Waals surface area contributed by atoms with Crippen molar-refractivity contribution < 1.29 is 19.1 Å². The van der Waals surface area contributed by atoms with Crippen molar-refractivity contribution in [2.45, 2.75) is 26.0 Å². The van der Waals surface area contributed by atoms with Crippen LogP contribution in [0.25, 0.3) is 0 Å². The van der Waals surface area contributed by atoms with E-state index in [1.165, 1.54) is 0 Å². The average molecular weight is 475 g/mol. The standard InChI is InChI=1S/C24H31ClN4O4/c1-15-12-26-16(2)14-33-21-9-8-19(11-20(21)23(30)29(3)13-22(15)32-4)28-24(31)27-18-7-5-6-17(25)10-18/h5-11,15-16,22,26H,12-14H2,1-4H3,(H2,27,28,31)/t15-,16+,22+/m1/s1. The molecule has 1 aliphatic heterocycles. The monoisotopic (exact) mass is 474 g/mol. The molecule has 3 amide bonds. The predicted octanol–water partition coefficient (Wildman–Crippen LogP) is 4.08. The third kappa shape index (κ3) is 6.83. The minimum atomic E-state index is -0.446. The minimum Gasteiger partial charge on any atom is -0.491 e. The molecule has 1 heterocycles. The van der Waals surface area contributed by atoms with E-state index in [4.69, 9.17) is 21.1 Å². The van der Waals surface area contributed by atoms with Crippen LogP contribution in [0.4, 0.5) is 16.2 Å². The molecule has 9 heteroatoms. The summed E-state index contributed by atoms with van der Waals surface area (Å²) in [5.74, 6) is 0.456. The van der Waals surface area contributed by atoms with Gasteiger partial charge in [0.2, 0.25) is 0 Å². The van der Waals surface area contributed by atoms with Gasteiger partial charge >= 0.3 is 6.03 Å². The van der Waals surface area contributed by atoms with Gasteiger partial charge in [0.15, 0.2) is 0 Å². The Bertz CT molecular complexity index is 987. The highest BCUT2D eigenvalue weighted by molar-refractivity contribution is 6.30. The third-order valence-corrected chi connectivity index (χ3v) is 5.80. The van der Waals surface area contributed by atoms with Gasteiger partial charge in [-0.05, 0) is 49.2 Å². The number of ether oxygens (including phenoxy) is 2. The summed E-state index contributed by atoms with van der Waals surface area (Å²) >= 11 is 5.97. The highest BCUT2D eigenvalue weighted by Crippen LogP contribution is 2.26. The van der Waals surface area contributed by atoms with Crippen molar-refractivity contribution in [1.82, 2.24) is 10.2 Å². The van der Waals surface area contributed by atoms with Crippen LogP contribution in [-0.2, 0) is 4.74 Å². The number of carbonyl (C=O) groups is 2. The van der Waals surface area contributed by atoms with E-state index in [1.54, 1.807) is 61.5 Å². The summed E-state index contributed by atoms with van der Waals surface area (Å²) in [5, 5.41) is 9.46. The summed E-state index contributed by atoms with van der Waals surface area (Å²) < 4.78 is 11.6. The van der Waals surface area contributed by atoms with Crippen LogP contribution in [0.3, 0.4) is 0 Å².